The zero-order valence-electron chi connectivity index (χ0n) is 16.6. The van der Waals surface area contributed by atoms with Gasteiger partial charge in [0.15, 0.2) is 0 Å². The monoisotopic (exact) mass is 394 g/mol. The predicted octanol–water partition coefficient (Wildman–Crippen LogP) is 2.76. The maximum absolute atomic E-state index is 12.5. The van der Waals surface area contributed by atoms with Crippen molar-refractivity contribution < 1.29 is 14.3 Å². The van der Waals surface area contributed by atoms with E-state index in [4.69, 9.17) is 4.74 Å². The van der Waals surface area contributed by atoms with Crippen LogP contribution in [-0.2, 0) is 16.1 Å². The van der Waals surface area contributed by atoms with Gasteiger partial charge in [0.05, 0.1) is 13.2 Å². The van der Waals surface area contributed by atoms with Crippen LogP contribution in [0.1, 0.15) is 29.3 Å². The Kier molecular flexibility index (Phi) is 5.87. The molecule has 1 saturated heterocycles. The molecule has 2 aliphatic rings. The second-order valence-electron chi connectivity index (χ2n) is 7.78. The minimum atomic E-state index is -0.230. The molecule has 2 N–H and O–H groups in total. The molecule has 2 heterocycles. The number of nitrogens with one attached hydrogen (secondary N) is 2. The van der Waals surface area contributed by atoms with Gasteiger partial charge in [0, 0.05) is 43.0 Å². The third-order valence-corrected chi connectivity index (χ3v) is 5.44. The van der Waals surface area contributed by atoms with Gasteiger partial charge in [-0.1, -0.05) is 13.0 Å². The molecule has 1 aromatic carbocycles. The molecule has 7 nitrogen and oxygen atoms in total. The fourth-order valence-electron chi connectivity index (χ4n) is 3.43. The number of amides is 2. The van der Waals surface area contributed by atoms with Gasteiger partial charge in [-0.15, -0.1) is 0 Å². The number of nitrogens with zero attached hydrogens (tertiary/aromatic N) is 2. The number of benzene rings is 1. The molecular formula is C22H26N4O3. The molecule has 29 heavy (non-hydrogen) atoms. The Balaban J connectivity index is 1.29. The van der Waals surface area contributed by atoms with Crippen molar-refractivity contribution in [2.45, 2.75) is 19.9 Å². The topological polar surface area (TPSA) is 83.6 Å². The van der Waals surface area contributed by atoms with Gasteiger partial charge in [-0.25, -0.2) is 4.98 Å². The molecule has 2 amide bonds. The number of ether oxygens (including phenoxy) is 1. The number of pyridine rings is 1. The van der Waals surface area contributed by atoms with Gasteiger partial charge in [0.2, 0.25) is 5.91 Å². The van der Waals surface area contributed by atoms with Gasteiger partial charge >= 0.3 is 0 Å². The average Bonchev–Trinajstić information content (AvgIpc) is 3.47. The van der Waals surface area contributed by atoms with E-state index >= 15 is 0 Å². The van der Waals surface area contributed by atoms with Gasteiger partial charge < -0.3 is 15.4 Å². The van der Waals surface area contributed by atoms with Crippen LogP contribution in [0.25, 0.3) is 0 Å². The standard InChI is InChI=1S/C22H26N4O3/c1-15-12-19(15)22(28)24-18-5-3-17(4-6-18)21(27)25-20-7-2-16(13-23-20)14-26-8-10-29-11-9-26/h2-7,13,15,19H,8-12,14H2,1H3,(H,24,28)(H,23,25,27)/t15-,19+/m1/s1. The van der Waals surface area contributed by atoms with E-state index in [1.165, 1.54) is 0 Å². The summed E-state index contributed by atoms with van der Waals surface area (Å²) in [6.45, 7) is 6.29. The van der Waals surface area contributed by atoms with Gasteiger partial charge in [-0.3, -0.25) is 14.5 Å². The van der Waals surface area contributed by atoms with Crippen LogP contribution in [0.15, 0.2) is 42.6 Å². The minimum absolute atomic E-state index is 0.0519. The average molecular weight is 394 g/mol. The number of hydrogen-bond donors (Lipinski definition) is 2. The second kappa shape index (κ2) is 8.71. The number of carbonyl (C=O) groups is 2. The van der Waals surface area contributed by atoms with Crippen molar-refractivity contribution in [3.05, 3.63) is 53.7 Å². The number of morpholine rings is 1. The lowest BCUT2D eigenvalue weighted by Crippen LogP contribution is -2.35. The summed E-state index contributed by atoms with van der Waals surface area (Å²) in [5, 5.41) is 5.71. The van der Waals surface area contributed by atoms with Crippen molar-refractivity contribution in [1.29, 1.82) is 0 Å². The molecule has 7 heteroatoms. The summed E-state index contributed by atoms with van der Waals surface area (Å²) in [5.41, 5.74) is 2.33. The van der Waals surface area contributed by atoms with Crippen molar-refractivity contribution in [3.8, 4) is 0 Å². The summed E-state index contributed by atoms with van der Waals surface area (Å²) in [5.74, 6) is 0.923. The largest absolute Gasteiger partial charge is 0.379 e. The number of aromatic nitrogens is 1. The van der Waals surface area contributed by atoms with Crippen molar-refractivity contribution in [1.82, 2.24) is 9.88 Å². The highest BCUT2D eigenvalue weighted by Crippen LogP contribution is 2.38. The fraction of sp³-hybridized carbons (Fsp3) is 0.409. The highest BCUT2D eigenvalue weighted by atomic mass is 16.5. The van der Waals surface area contributed by atoms with Gasteiger partial charge in [-0.05, 0) is 48.2 Å². The van der Waals surface area contributed by atoms with E-state index in [0.717, 1.165) is 44.8 Å². The fourth-order valence-corrected chi connectivity index (χ4v) is 3.43. The molecule has 2 fully saturated rings. The Bertz CT molecular complexity index is 861. The van der Waals surface area contributed by atoms with Crippen molar-refractivity contribution in [2.24, 2.45) is 11.8 Å². The Hall–Kier alpha value is -2.77. The molecule has 0 radical (unpaired) electrons. The van der Waals surface area contributed by atoms with E-state index in [9.17, 15) is 9.59 Å². The number of rotatable bonds is 6. The molecule has 152 valence electrons. The minimum Gasteiger partial charge on any atom is -0.379 e. The van der Waals surface area contributed by atoms with Crippen molar-refractivity contribution in [2.75, 3.05) is 36.9 Å². The summed E-state index contributed by atoms with van der Waals surface area (Å²) in [4.78, 5) is 31.1. The van der Waals surface area contributed by atoms with Crippen molar-refractivity contribution in [3.63, 3.8) is 0 Å². The normalized spacial score (nSPS) is 21.4. The Labute approximate surface area is 170 Å². The summed E-state index contributed by atoms with van der Waals surface area (Å²) >= 11 is 0. The van der Waals surface area contributed by atoms with E-state index in [2.05, 4.69) is 27.4 Å². The molecule has 4 rings (SSSR count). The van der Waals surface area contributed by atoms with Gasteiger partial charge in [-0.2, -0.15) is 0 Å². The number of anilines is 2. The lowest BCUT2D eigenvalue weighted by atomic mass is 10.2. The molecule has 1 saturated carbocycles. The van der Waals surface area contributed by atoms with Crippen LogP contribution in [0.4, 0.5) is 11.5 Å². The molecule has 0 bridgehead atoms. The van der Waals surface area contributed by atoms with E-state index in [1.54, 1.807) is 30.5 Å². The molecule has 0 spiro atoms. The first-order chi connectivity index (χ1) is 14.1. The third-order valence-electron chi connectivity index (χ3n) is 5.44. The van der Waals surface area contributed by atoms with Crippen LogP contribution in [0, 0.1) is 11.8 Å². The third kappa shape index (κ3) is 5.19. The van der Waals surface area contributed by atoms with E-state index in [-0.39, 0.29) is 17.7 Å². The Morgan fingerprint density at radius 1 is 1.10 bits per heavy atom. The molecule has 0 unspecified atom stereocenters. The molecular weight excluding hydrogens is 368 g/mol. The molecule has 2 atom stereocenters. The summed E-state index contributed by atoms with van der Waals surface area (Å²) < 4.78 is 5.36. The molecule has 2 aromatic rings. The summed E-state index contributed by atoms with van der Waals surface area (Å²) in [6, 6.07) is 10.7. The van der Waals surface area contributed by atoms with Gasteiger partial charge in [0.25, 0.3) is 5.91 Å². The molecule has 1 aromatic heterocycles. The first kappa shape index (κ1) is 19.5. The quantitative estimate of drug-likeness (QED) is 0.787. The zero-order valence-corrected chi connectivity index (χ0v) is 16.6. The maximum Gasteiger partial charge on any atom is 0.256 e. The summed E-state index contributed by atoms with van der Waals surface area (Å²) in [6.07, 6.45) is 2.74. The maximum atomic E-state index is 12.5. The number of hydrogen-bond acceptors (Lipinski definition) is 5. The Morgan fingerprint density at radius 2 is 1.83 bits per heavy atom. The lowest BCUT2D eigenvalue weighted by Gasteiger charge is -2.26. The highest BCUT2D eigenvalue weighted by molar-refractivity contribution is 6.04. The highest BCUT2D eigenvalue weighted by Gasteiger charge is 2.39. The smallest absolute Gasteiger partial charge is 0.256 e. The molecule has 1 aliphatic carbocycles. The van der Waals surface area contributed by atoms with Crippen molar-refractivity contribution >= 4 is 23.3 Å². The van der Waals surface area contributed by atoms with E-state index in [1.807, 2.05) is 12.1 Å². The van der Waals surface area contributed by atoms with Crippen LogP contribution >= 0.6 is 0 Å². The second-order valence-corrected chi connectivity index (χ2v) is 7.78. The van der Waals surface area contributed by atoms with E-state index in [0.29, 0.717) is 23.0 Å². The van der Waals surface area contributed by atoms with Gasteiger partial charge in [0.1, 0.15) is 5.82 Å². The van der Waals surface area contributed by atoms with E-state index < -0.39 is 0 Å². The Morgan fingerprint density at radius 3 is 2.45 bits per heavy atom. The van der Waals surface area contributed by atoms with Crippen LogP contribution < -0.4 is 10.6 Å². The zero-order chi connectivity index (χ0) is 20.2. The SMILES string of the molecule is C[C@@H]1C[C@@H]1C(=O)Nc1ccc(C(=O)Nc2ccc(CN3CCOCC3)cn2)cc1. The lowest BCUT2D eigenvalue weighted by molar-refractivity contribution is -0.117. The van der Waals surface area contributed by atoms with Crippen LogP contribution in [0.5, 0.6) is 0 Å². The first-order valence-corrected chi connectivity index (χ1v) is 10.1. The molecule has 1 aliphatic heterocycles. The van der Waals surface area contributed by atoms with Crippen LogP contribution in [0.2, 0.25) is 0 Å². The predicted molar refractivity (Wildman–Crippen MR) is 111 cm³/mol. The number of carbonyl (C=O) groups excluding carboxylic acids is 2. The van der Waals surface area contributed by atoms with Crippen LogP contribution in [-0.4, -0.2) is 48.0 Å². The first-order valence-electron chi connectivity index (χ1n) is 10.1. The summed E-state index contributed by atoms with van der Waals surface area (Å²) in [7, 11) is 0. The van der Waals surface area contributed by atoms with Crippen LogP contribution in [0.3, 0.4) is 0 Å².